The Hall–Kier alpha value is -5.95. The van der Waals surface area contributed by atoms with Crippen molar-refractivity contribution in [1.82, 2.24) is 20.1 Å². The van der Waals surface area contributed by atoms with Gasteiger partial charge in [0, 0.05) is 63.3 Å². The molecule has 2 heterocycles. The lowest BCUT2D eigenvalue weighted by atomic mass is 10.0. The average Bonchev–Trinajstić information content (AvgIpc) is 3.82. The van der Waals surface area contributed by atoms with Gasteiger partial charge >= 0.3 is 6.09 Å². The minimum atomic E-state index is -0.874. The van der Waals surface area contributed by atoms with E-state index < -0.39 is 12.2 Å². The molecule has 1 aliphatic heterocycles. The number of fused-ring (bicyclic) bond motifs is 2. The number of carbonyl (C=O) groups is 2. The number of phenolic OH excluding ortho intramolecular Hbond substituents is 1. The number of benzene rings is 4. The van der Waals surface area contributed by atoms with Crippen LogP contribution < -0.4 is 20.9 Å². The predicted octanol–water partition coefficient (Wildman–Crippen LogP) is 8.13. The number of nitrogens with one attached hydrogen (secondary N) is 3. The van der Waals surface area contributed by atoms with Crippen molar-refractivity contribution in [1.29, 1.82) is 0 Å². The van der Waals surface area contributed by atoms with Gasteiger partial charge in [-0.25, -0.2) is 4.79 Å². The number of phenols is 1. The third-order valence-electron chi connectivity index (χ3n) is 10.8. The topological polar surface area (TPSA) is 156 Å². The van der Waals surface area contributed by atoms with Gasteiger partial charge < -0.3 is 34.9 Å². The van der Waals surface area contributed by atoms with Crippen molar-refractivity contribution in [2.75, 3.05) is 51.7 Å². The number of aliphatic hydroxyl groups excluding tert-OH is 1. The fourth-order valence-corrected chi connectivity index (χ4v) is 8.03. The van der Waals surface area contributed by atoms with Crippen molar-refractivity contribution in [3.05, 3.63) is 137 Å². The normalized spacial score (nSPS) is 17.2. The van der Waals surface area contributed by atoms with E-state index in [1.165, 1.54) is 12.1 Å². The van der Waals surface area contributed by atoms with Gasteiger partial charge in [0.05, 0.1) is 30.3 Å². The van der Waals surface area contributed by atoms with Crippen molar-refractivity contribution >= 4 is 28.6 Å². The van der Waals surface area contributed by atoms with E-state index in [-0.39, 0.29) is 48.4 Å². The molecule has 0 bridgehead atoms. The van der Waals surface area contributed by atoms with E-state index in [0.29, 0.717) is 35.9 Å². The van der Waals surface area contributed by atoms with Crippen molar-refractivity contribution in [3.63, 3.8) is 0 Å². The Morgan fingerprint density at radius 1 is 0.967 bits per heavy atom. The first-order chi connectivity index (χ1) is 29.6. The second-order valence-corrected chi connectivity index (χ2v) is 15.2. The second kappa shape index (κ2) is 23.2. The average molecular weight is 832 g/mol. The van der Waals surface area contributed by atoms with Crippen LogP contribution in [0.15, 0.2) is 121 Å². The summed E-state index contributed by atoms with van der Waals surface area (Å²) in [5.74, 6) is 1.60. The van der Waals surface area contributed by atoms with Gasteiger partial charge in [-0.1, -0.05) is 86.7 Å². The highest BCUT2D eigenvalue weighted by Crippen LogP contribution is 2.40. The zero-order valence-corrected chi connectivity index (χ0v) is 35.8. The number of likely N-dealkylation sites (tertiary alicyclic amines) is 1. The minimum absolute atomic E-state index is 0.0441. The van der Waals surface area contributed by atoms with Crippen molar-refractivity contribution < 1.29 is 29.3 Å². The Labute approximate surface area is 359 Å². The first kappa shape index (κ1) is 46.1. The monoisotopic (exact) mass is 831 g/mol. The van der Waals surface area contributed by atoms with E-state index in [4.69, 9.17) is 9.47 Å². The SMILES string of the molecule is C=CC.CC.CN(CCNCC(O)c1ccc(O)c2[nH]c(=O)ccc12)C(=O)CCOc1cccc(CN2C[C@H]3CC(OC(=O)Nc4ccccc4-c4ccccc4)C[C@H]3C2)c1. The summed E-state index contributed by atoms with van der Waals surface area (Å²) in [7, 11) is 1.74. The number of aliphatic hydroxyl groups is 1. The lowest BCUT2D eigenvalue weighted by Crippen LogP contribution is -2.35. The molecular weight excluding hydrogens is 771 g/mol. The molecule has 4 aromatic carbocycles. The fraction of sp³-hybridized carbons (Fsp3) is 0.367. The molecule has 1 aromatic heterocycles. The Morgan fingerprint density at radius 2 is 1.67 bits per heavy atom. The molecule has 12 nitrogen and oxygen atoms in total. The van der Waals surface area contributed by atoms with Crippen molar-refractivity contribution in [3.8, 4) is 22.6 Å². The third-order valence-corrected chi connectivity index (χ3v) is 10.8. The number of aromatic amines is 1. The summed E-state index contributed by atoms with van der Waals surface area (Å²) in [6.45, 7) is 13.4. The van der Waals surface area contributed by atoms with Crippen LogP contribution in [0.2, 0.25) is 0 Å². The molecule has 12 heteroatoms. The number of aromatic hydroxyl groups is 1. The molecule has 1 aliphatic carbocycles. The Balaban J connectivity index is 0.00000135. The number of hydrogen-bond donors (Lipinski definition) is 5. The Kier molecular flexibility index (Phi) is 17.5. The van der Waals surface area contributed by atoms with E-state index in [1.807, 2.05) is 93.6 Å². The molecule has 5 N–H and O–H groups in total. The summed E-state index contributed by atoms with van der Waals surface area (Å²) in [5, 5.41) is 27.6. The molecular formula is C49H61N5O7. The number of H-pyrrole nitrogens is 1. The maximum absolute atomic E-state index is 12.9. The third kappa shape index (κ3) is 13.0. The summed E-state index contributed by atoms with van der Waals surface area (Å²) in [5.41, 5.74) is 4.41. The van der Waals surface area contributed by atoms with Crippen LogP contribution in [0.4, 0.5) is 10.5 Å². The maximum atomic E-state index is 12.9. The van der Waals surface area contributed by atoms with Crippen LogP contribution in [0.5, 0.6) is 11.5 Å². The van der Waals surface area contributed by atoms with Crippen LogP contribution >= 0.6 is 0 Å². The molecule has 4 atom stereocenters. The molecule has 2 unspecified atom stereocenters. The highest BCUT2D eigenvalue weighted by molar-refractivity contribution is 5.91. The van der Waals surface area contributed by atoms with Crippen molar-refractivity contribution in [2.45, 2.75) is 58.8 Å². The number of pyridine rings is 1. The first-order valence-corrected chi connectivity index (χ1v) is 21.2. The number of likely N-dealkylation sites (N-methyl/N-ethyl adjacent to an activating group) is 1. The number of carbonyl (C=O) groups excluding carboxylic acids is 2. The minimum Gasteiger partial charge on any atom is -0.506 e. The van der Waals surface area contributed by atoms with Crippen LogP contribution in [0.25, 0.3) is 22.0 Å². The molecule has 324 valence electrons. The van der Waals surface area contributed by atoms with Gasteiger partial charge in [-0.2, -0.15) is 0 Å². The number of allylic oxidation sites excluding steroid dienone is 1. The molecule has 2 fully saturated rings. The van der Waals surface area contributed by atoms with E-state index in [2.05, 4.69) is 33.2 Å². The van der Waals surface area contributed by atoms with Crippen molar-refractivity contribution in [2.24, 2.45) is 11.8 Å². The number of ether oxygens (including phenoxy) is 2. The second-order valence-electron chi connectivity index (χ2n) is 15.2. The van der Waals surface area contributed by atoms with Gasteiger partial charge in [-0.3, -0.25) is 19.8 Å². The van der Waals surface area contributed by atoms with E-state index >= 15 is 0 Å². The number of para-hydroxylation sites is 1. The van der Waals surface area contributed by atoms with Gasteiger partial charge in [0.1, 0.15) is 17.6 Å². The quantitative estimate of drug-likeness (QED) is 0.0520. The van der Waals surface area contributed by atoms with Crippen LogP contribution in [0.3, 0.4) is 0 Å². The summed E-state index contributed by atoms with van der Waals surface area (Å²) in [4.78, 5) is 44.1. The number of rotatable bonds is 15. The lowest BCUT2D eigenvalue weighted by Gasteiger charge is -2.20. The standard InChI is InChI=1S/C44H49N5O7.C3H6.C2H6/c1-48(20-19-45-25-40(51)36-14-16-39(50)43-37(36)15-17-41(52)47-43)42(53)18-21-55-33-11-7-8-29(22-33)26-49-27-31-23-34(24-32(31)28-49)56-44(54)46-38-13-6-5-12-35(38)30-9-3-2-4-10-30;1-3-2;1-2/h2-17,22,31-32,34,40,45,50-51H,18-21,23-28H2,1H3,(H,46,54)(H,47,52);3H,1H2,2H3;1-2H3/t31-,32+,34?,40?;;. The lowest BCUT2D eigenvalue weighted by molar-refractivity contribution is -0.130. The van der Waals surface area contributed by atoms with Gasteiger partial charge in [0.2, 0.25) is 11.5 Å². The van der Waals surface area contributed by atoms with E-state index in [9.17, 15) is 24.6 Å². The molecule has 0 spiro atoms. The molecule has 0 radical (unpaired) electrons. The number of aromatic nitrogens is 1. The zero-order valence-electron chi connectivity index (χ0n) is 35.8. The van der Waals surface area contributed by atoms with Crippen LogP contribution in [-0.4, -0.2) is 89.5 Å². The molecule has 1 saturated heterocycles. The number of amides is 2. The van der Waals surface area contributed by atoms with E-state index in [0.717, 1.165) is 60.6 Å². The van der Waals surface area contributed by atoms with Gasteiger partial charge in [-0.15, -0.1) is 6.58 Å². The molecule has 5 aromatic rings. The molecule has 7 rings (SSSR count). The van der Waals surface area contributed by atoms with Gasteiger partial charge in [0.15, 0.2) is 0 Å². The molecule has 2 aliphatic rings. The van der Waals surface area contributed by atoms with Gasteiger partial charge in [-0.05, 0) is 78.6 Å². The molecule has 1 saturated carbocycles. The zero-order chi connectivity index (χ0) is 43.7. The number of nitrogens with zero attached hydrogens (tertiary/aromatic N) is 2. The summed E-state index contributed by atoms with van der Waals surface area (Å²) >= 11 is 0. The summed E-state index contributed by atoms with van der Waals surface area (Å²) in [6.07, 6.45) is 2.33. The van der Waals surface area contributed by atoms with Crippen LogP contribution in [0.1, 0.15) is 57.3 Å². The Bertz CT molecular complexity index is 2230. The van der Waals surface area contributed by atoms with E-state index in [1.54, 1.807) is 30.2 Å². The summed E-state index contributed by atoms with van der Waals surface area (Å²) in [6, 6.07) is 31.8. The number of hydrogen-bond acceptors (Lipinski definition) is 9. The maximum Gasteiger partial charge on any atom is 0.411 e. The van der Waals surface area contributed by atoms with Gasteiger partial charge in [0.25, 0.3) is 0 Å². The smallest absolute Gasteiger partial charge is 0.411 e. The Morgan fingerprint density at radius 3 is 2.41 bits per heavy atom. The summed E-state index contributed by atoms with van der Waals surface area (Å²) < 4.78 is 11.9. The first-order valence-electron chi connectivity index (χ1n) is 21.2. The largest absolute Gasteiger partial charge is 0.506 e. The molecule has 2 amide bonds. The predicted molar refractivity (Wildman–Crippen MR) is 243 cm³/mol. The number of anilines is 1. The highest BCUT2D eigenvalue weighted by atomic mass is 16.6. The highest BCUT2D eigenvalue weighted by Gasteiger charge is 2.42. The fourth-order valence-electron chi connectivity index (χ4n) is 8.03. The van der Waals surface area contributed by atoms with Crippen LogP contribution in [-0.2, 0) is 16.1 Å². The molecule has 61 heavy (non-hydrogen) atoms. The van der Waals surface area contributed by atoms with Crippen LogP contribution in [0, 0.1) is 11.8 Å².